The Hall–Kier alpha value is -2.81. The van der Waals surface area contributed by atoms with Gasteiger partial charge in [-0.15, -0.1) is 0 Å². The minimum Gasteiger partial charge on any atom is -0.493 e. The molecule has 2 saturated heterocycles. The number of ether oxygens (including phenoxy) is 2. The molecule has 1 aromatic carbocycles. The average Bonchev–Trinajstić information content (AvgIpc) is 3.67. The smallest absolute Gasteiger partial charge is 0.227 e. The largest absolute Gasteiger partial charge is 0.493 e. The highest BCUT2D eigenvalue weighted by Crippen LogP contribution is 2.49. The lowest BCUT2D eigenvalue weighted by Crippen LogP contribution is -2.52. The first-order chi connectivity index (χ1) is 18.0. The number of likely N-dealkylation sites (tertiary alicyclic amines) is 1. The molecule has 9 heteroatoms. The van der Waals surface area contributed by atoms with Crippen LogP contribution in [0.25, 0.3) is 0 Å². The van der Waals surface area contributed by atoms with Gasteiger partial charge in [0, 0.05) is 43.7 Å². The molecule has 1 aliphatic carbocycles. The Bertz CT molecular complexity index is 1060. The molecule has 2 atom stereocenters. The second-order valence-electron chi connectivity index (χ2n) is 10.5. The van der Waals surface area contributed by atoms with Crippen molar-refractivity contribution in [3.63, 3.8) is 0 Å². The number of piperidine rings is 1. The molecule has 0 radical (unpaired) electrons. The second-order valence-corrected chi connectivity index (χ2v) is 10.5. The van der Waals surface area contributed by atoms with Crippen molar-refractivity contribution >= 4 is 11.9 Å². The number of rotatable bonds is 11. The van der Waals surface area contributed by atoms with E-state index < -0.39 is 12.0 Å². The maximum Gasteiger partial charge on any atom is 0.227 e. The van der Waals surface area contributed by atoms with Gasteiger partial charge in [-0.2, -0.15) is 0 Å². The summed E-state index contributed by atoms with van der Waals surface area (Å²) in [6.45, 7) is 5.96. The Morgan fingerprint density at radius 3 is 2.59 bits per heavy atom. The van der Waals surface area contributed by atoms with Crippen LogP contribution < -0.4 is 9.64 Å². The van der Waals surface area contributed by atoms with E-state index in [1.54, 1.807) is 12.1 Å². The number of halogens is 2. The molecule has 1 saturated carbocycles. The number of aromatic nitrogens is 2. The summed E-state index contributed by atoms with van der Waals surface area (Å²) >= 11 is 0. The lowest BCUT2D eigenvalue weighted by Gasteiger charge is -2.34. The van der Waals surface area contributed by atoms with Crippen LogP contribution in [-0.2, 0) is 22.6 Å². The van der Waals surface area contributed by atoms with E-state index in [-0.39, 0.29) is 25.4 Å². The molecule has 3 fully saturated rings. The molecule has 3 aliphatic rings. The average molecular weight is 515 g/mol. The van der Waals surface area contributed by atoms with Crippen LogP contribution in [0.3, 0.4) is 0 Å². The number of hydrogen-bond donors (Lipinski definition) is 0. The first-order valence-electron chi connectivity index (χ1n) is 13.5. The molecule has 3 heterocycles. The van der Waals surface area contributed by atoms with Crippen molar-refractivity contribution < 1.29 is 23.0 Å². The van der Waals surface area contributed by atoms with Gasteiger partial charge in [-0.1, -0.05) is 6.07 Å². The van der Waals surface area contributed by atoms with Gasteiger partial charge in [0.25, 0.3) is 0 Å². The fourth-order valence-corrected chi connectivity index (χ4v) is 5.51. The van der Waals surface area contributed by atoms with Crippen LogP contribution in [0.15, 0.2) is 30.6 Å². The highest BCUT2D eigenvalue weighted by Gasteiger charge is 2.43. The van der Waals surface area contributed by atoms with Gasteiger partial charge < -0.3 is 19.3 Å². The fraction of sp³-hybridized carbons (Fsp3) is 0.607. The SMILES string of the molecule is CCOCc1cnc(N2CCC([C@H]3C[C@H]3CCOc3ccc(CC(=O)N4CC(F)C4)c(F)c3)CC2)nc1. The number of alkyl halides is 1. The van der Waals surface area contributed by atoms with E-state index in [4.69, 9.17) is 9.47 Å². The highest BCUT2D eigenvalue weighted by molar-refractivity contribution is 5.79. The predicted octanol–water partition coefficient (Wildman–Crippen LogP) is 4.20. The molecule has 1 amide bonds. The van der Waals surface area contributed by atoms with E-state index in [1.165, 1.54) is 17.4 Å². The Labute approximate surface area is 217 Å². The molecule has 7 nitrogen and oxygen atoms in total. The maximum absolute atomic E-state index is 14.5. The zero-order chi connectivity index (χ0) is 25.8. The summed E-state index contributed by atoms with van der Waals surface area (Å²) in [7, 11) is 0. The van der Waals surface area contributed by atoms with E-state index in [0.717, 1.165) is 55.7 Å². The number of nitrogens with zero attached hydrogens (tertiary/aromatic N) is 4. The number of carbonyl (C=O) groups is 1. The Morgan fingerprint density at radius 1 is 1.16 bits per heavy atom. The number of hydrogen-bond acceptors (Lipinski definition) is 6. The molecular formula is C28H36F2N4O3. The molecule has 37 heavy (non-hydrogen) atoms. The van der Waals surface area contributed by atoms with Gasteiger partial charge in [0.2, 0.25) is 11.9 Å². The predicted molar refractivity (Wildman–Crippen MR) is 136 cm³/mol. The molecule has 5 rings (SSSR count). The van der Waals surface area contributed by atoms with Crippen molar-refractivity contribution in [2.75, 3.05) is 44.3 Å². The van der Waals surface area contributed by atoms with Crippen molar-refractivity contribution in [3.8, 4) is 5.75 Å². The minimum absolute atomic E-state index is 0.0489. The Morgan fingerprint density at radius 2 is 1.92 bits per heavy atom. The summed E-state index contributed by atoms with van der Waals surface area (Å²) in [4.78, 5) is 24.8. The summed E-state index contributed by atoms with van der Waals surface area (Å²) in [6.07, 6.45) is 7.23. The molecule has 0 unspecified atom stereocenters. The van der Waals surface area contributed by atoms with Gasteiger partial charge >= 0.3 is 0 Å². The lowest BCUT2D eigenvalue weighted by molar-refractivity contribution is -0.137. The van der Waals surface area contributed by atoms with E-state index in [9.17, 15) is 13.6 Å². The van der Waals surface area contributed by atoms with Gasteiger partial charge in [-0.05, 0) is 62.0 Å². The number of carbonyl (C=O) groups excluding carboxylic acids is 1. The number of benzene rings is 1. The van der Waals surface area contributed by atoms with E-state index in [0.29, 0.717) is 37.1 Å². The van der Waals surface area contributed by atoms with Crippen LogP contribution >= 0.6 is 0 Å². The molecule has 2 aromatic rings. The van der Waals surface area contributed by atoms with E-state index >= 15 is 0 Å². The van der Waals surface area contributed by atoms with Crippen LogP contribution in [0.4, 0.5) is 14.7 Å². The second kappa shape index (κ2) is 11.7. The molecule has 1 aromatic heterocycles. The minimum atomic E-state index is -0.952. The van der Waals surface area contributed by atoms with Gasteiger partial charge in [0.05, 0.1) is 32.7 Å². The molecule has 2 aliphatic heterocycles. The standard InChI is InChI=1S/C28H36F2N4O3/c1-2-36-18-19-14-31-28(32-15-19)33-8-5-20(6-9-33)25-11-21(25)7-10-37-24-4-3-22(26(30)13-24)12-27(35)34-16-23(29)17-34/h3-4,13-15,20-21,23,25H,2,5-12,16-18H2,1H3/t21-,25-/m1/s1. The summed E-state index contributed by atoms with van der Waals surface area (Å²) in [5.74, 6) is 2.74. The molecule has 0 spiro atoms. The third kappa shape index (κ3) is 6.55. The van der Waals surface area contributed by atoms with Crippen molar-refractivity contribution in [1.82, 2.24) is 14.9 Å². The van der Waals surface area contributed by atoms with Crippen LogP contribution in [0.1, 0.15) is 43.7 Å². The van der Waals surface area contributed by atoms with Gasteiger partial charge in [0.15, 0.2) is 0 Å². The summed E-state index contributed by atoms with van der Waals surface area (Å²) in [5.41, 5.74) is 1.32. The first kappa shape index (κ1) is 25.8. The first-order valence-corrected chi connectivity index (χ1v) is 13.5. The number of anilines is 1. The summed E-state index contributed by atoms with van der Waals surface area (Å²) < 4.78 is 38.6. The van der Waals surface area contributed by atoms with Crippen molar-refractivity contribution in [2.24, 2.45) is 17.8 Å². The zero-order valence-electron chi connectivity index (χ0n) is 21.5. The van der Waals surface area contributed by atoms with E-state index in [1.807, 2.05) is 19.3 Å². The lowest BCUT2D eigenvalue weighted by atomic mass is 9.90. The Kier molecular flexibility index (Phi) is 8.17. The third-order valence-corrected chi connectivity index (χ3v) is 7.88. The van der Waals surface area contributed by atoms with Crippen molar-refractivity contribution in [1.29, 1.82) is 0 Å². The quantitative estimate of drug-likeness (QED) is 0.448. The zero-order valence-corrected chi connectivity index (χ0v) is 21.5. The molecule has 0 N–H and O–H groups in total. The van der Waals surface area contributed by atoms with Crippen LogP contribution in [-0.4, -0.2) is 66.3 Å². The fourth-order valence-electron chi connectivity index (χ4n) is 5.51. The van der Waals surface area contributed by atoms with Crippen LogP contribution in [0, 0.1) is 23.6 Å². The normalized spacial score (nSPS) is 22.1. The highest BCUT2D eigenvalue weighted by atomic mass is 19.1. The van der Waals surface area contributed by atoms with Gasteiger partial charge in [0.1, 0.15) is 17.7 Å². The van der Waals surface area contributed by atoms with Crippen LogP contribution in [0.2, 0.25) is 0 Å². The summed E-state index contributed by atoms with van der Waals surface area (Å²) in [6, 6.07) is 4.66. The van der Waals surface area contributed by atoms with Crippen molar-refractivity contribution in [3.05, 3.63) is 47.5 Å². The topological polar surface area (TPSA) is 67.8 Å². The molecule has 0 bridgehead atoms. The summed E-state index contributed by atoms with van der Waals surface area (Å²) in [5, 5.41) is 0. The number of amides is 1. The van der Waals surface area contributed by atoms with Gasteiger partial charge in [-0.25, -0.2) is 18.7 Å². The monoisotopic (exact) mass is 514 g/mol. The van der Waals surface area contributed by atoms with Crippen LogP contribution in [0.5, 0.6) is 5.75 Å². The van der Waals surface area contributed by atoms with E-state index in [2.05, 4.69) is 14.9 Å². The Balaban J connectivity index is 0.999. The van der Waals surface area contributed by atoms with Gasteiger partial charge in [-0.3, -0.25) is 4.79 Å². The molecular weight excluding hydrogens is 478 g/mol. The molecule has 200 valence electrons. The van der Waals surface area contributed by atoms with Crippen molar-refractivity contribution in [2.45, 2.75) is 51.8 Å². The third-order valence-electron chi connectivity index (χ3n) is 7.88. The maximum atomic E-state index is 14.5.